The Morgan fingerprint density at radius 3 is 2.73 bits per heavy atom. The van der Waals surface area contributed by atoms with Crippen LogP contribution in [-0.4, -0.2) is 31.1 Å². The predicted molar refractivity (Wildman–Crippen MR) is 67.0 cm³/mol. The summed E-state index contributed by atoms with van der Waals surface area (Å²) in [5.74, 6) is 0. The number of piperazine rings is 1. The molecule has 0 radical (unpaired) electrons. The fraction of sp³-hybridized carbons (Fsp3) is 0.500. The van der Waals surface area contributed by atoms with Gasteiger partial charge in [0, 0.05) is 37.2 Å². The maximum Gasteiger partial charge on any atom is 0.0246 e. The van der Waals surface area contributed by atoms with Gasteiger partial charge in [0.05, 0.1) is 0 Å². The fourth-order valence-electron chi connectivity index (χ4n) is 1.89. The number of nitrogens with one attached hydrogen (secondary N) is 1. The summed E-state index contributed by atoms with van der Waals surface area (Å²) in [5.41, 5.74) is 2.70. The second kappa shape index (κ2) is 5.10. The summed E-state index contributed by atoms with van der Waals surface area (Å²) in [6, 6.07) is 6.60. The highest BCUT2D eigenvalue weighted by atomic mass is 79.9. The maximum atomic E-state index is 3.63. The summed E-state index contributed by atoms with van der Waals surface area (Å²) < 4.78 is 1.24. The Bertz CT molecular complexity index is 332. The monoisotopic (exact) mass is 268 g/mol. The van der Waals surface area contributed by atoms with Gasteiger partial charge in [0.2, 0.25) is 0 Å². The minimum Gasteiger partial charge on any atom is -0.314 e. The quantitative estimate of drug-likeness (QED) is 0.885. The van der Waals surface area contributed by atoms with Crippen LogP contribution in [0, 0.1) is 6.92 Å². The van der Waals surface area contributed by atoms with Crippen LogP contribution in [0.25, 0.3) is 0 Å². The van der Waals surface area contributed by atoms with E-state index in [1.165, 1.54) is 15.6 Å². The molecule has 0 aromatic heterocycles. The molecule has 0 aliphatic carbocycles. The van der Waals surface area contributed by atoms with Crippen LogP contribution < -0.4 is 5.32 Å². The first-order valence-electron chi connectivity index (χ1n) is 5.44. The number of benzene rings is 1. The van der Waals surface area contributed by atoms with Crippen LogP contribution in [0.3, 0.4) is 0 Å². The van der Waals surface area contributed by atoms with Crippen LogP contribution in [0.15, 0.2) is 22.7 Å². The Labute approximate surface area is 99.8 Å². The third-order valence-corrected chi connectivity index (χ3v) is 3.55. The third-order valence-electron chi connectivity index (χ3n) is 2.81. The molecule has 1 aliphatic rings. The van der Waals surface area contributed by atoms with Gasteiger partial charge in [-0.1, -0.05) is 28.1 Å². The Morgan fingerprint density at radius 2 is 2.07 bits per heavy atom. The number of hydrogen-bond donors (Lipinski definition) is 1. The van der Waals surface area contributed by atoms with E-state index in [0.717, 1.165) is 32.7 Å². The molecule has 3 heteroatoms. The lowest BCUT2D eigenvalue weighted by Crippen LogP contribution is -2.42. The molecule has 2 rings (SSSR count). The van der Waals surface area contributed by atoms with E-state index in [2.05, 4.69) is 51.3 Å². The van der Waals surface area contributed by atoms with Crippen molar-refractivity contribution in [3.05, 3.63) is 33.8 Å². The van der Waals surface area contributed by atoms with Crippen molar-refractivity contribution in [2.75, 3.05) is 26.2 Å². The smallest absolute Gasteiger partial charge is 0.0246 e. The highest BCUT2D eigenvalue weighted by Crippen LogP contribution is 2.20. The highest BCUT2D eigenvalue weighted by Gasteiger charge is 2.11. The van der Waals surface area contributed by atoms with E-state index in [0.29, 0.717) is 0 Å². The standard InChI is InChI=1S/C12H17BrN2/c1-10-2-3-11(12(13)8-10)9-15-6-4-14-5-7-15/h2-3,8,14H,4-7,9H2,1H3. The molecular weight excluding hydrogens is 252 g/mol. The molecule has 0 bridgehead atoms. The molecule has 1 fully saturated rings. The normalized spacial score (nSPS) is 18.0. The van der Waals surface area contributed by atoms with Gasteiger partial charge < -0.3 is 5.32 Å². The van der Waals surface area contributed by atoms with Crippen molar-refractivity contribution in [2.24, 2.45) is 0 Å². The van der Waals surface area contributed by atoms with Gasteiger partial charge in [-0.25, -0.2) is 0 Å². The zero-order valence-electron chi connectivity index (χ0n) is 9.09. The van der Waals surface area contributed by atoms with Gasteiger partial charge >= 0.3 is 0 Å². The first-order valence-corrected chi connectivity index (χ1v) is 6.23. The molecule has 15 heavy (non-hydrogen) atoms. The van der Waals surface area contributed by atoms with Crippen molar-refractivity contribution < 1.29 is 0 Å². The Balaban J connectivity index is 2.03. The molecule has 1 aromatic carbocycles. The minimum atomic E-state index is 1.06. The van der Waals surface area contributed by atoms with E-state index in [4.69, 9.17) is 0 Å². The molecule has 1 aromatic rings. The highest BCUT2D eigenvalue weighted by molar-refractivity contribution is 9.10. The zero-order chi connectivity index (χ0) is 10.7. The van der Waals surface area contributed by atoms with Crippen molar-refractivity contribution >= 4 is 15.9 Å². The second-order valence-corrected chi connectivity index (χ2v) is 4.98. The fourth-order valence-corrected chi connectivity index (χ4v) is 2.51. The molecular formula is C12H17BrN2. The molecule has 1 heterocycles. The van der Waals surface area contributed by atoms with Crippen LogP contribution >= 0.6 is 15.9 Å². The largest absolute Gasteiger partial charge is 0.314 e. The summed E-state index contributed by atoms with van der Waals surface area (Å²) in [6.45, 7) is 7.72. The lowest BCUT2D eigenvalue weighted by molar-refractivity contribution is 0.233. The van der Waals surface area contributed by atoms with Gasteiger partial charge in [0.1, 0.15) is 0 Å². The summed E-state index contributed by atoms with van der Waals surface area (Å²) in [4.78, 5) is 2.49. The van der Waals surface area contributed by atoms with E-state index in [-0.39, 0.29) is 0 Å². The van der Waals surface area contributed by atoms with Crippen LogP contribution in [-0.2, 0) is 6.54 Å². The molecule has 0 saturated carbocycles. The third kappa shape index (κ3) is 3.03. The van der Waals surface area contributed by atoms with Crippen molar-refractivity contribution in [1.29, 1.82) is 0 Å². The molecule has 1 aliphatic heterocycles. The summed E-state index contributed by atoms with van der Waals surface area (Å²) in [7, 11) is 0. The zero-order valence-corrected chi connectivity index (χ0v) is 10.7. The lowest BCUT2D eigenvalue weighted by Gasteiger charge is -2.27. The Hall–Kier alpha value is -0.380. The molecule has 2 nitrogen and oxygen atoms in total. The molecule has 0 atom stereocenters. The van der Waals surface area contributed by atoms with Crippen LogP contribution in [0.1, 0.15) is 11.1 Å². The molecule has 0 amide bonds. The average Bonchev–Trinajstić information content (AvgIpc) is 2.24. The summed E-state index contributed by atoms with van der Waals surface area (Å²) >= 11 is 3.63. The van der Waals surface area contributed by atoms with Crippen molar-refractivity contribution in [3.8, 4) is 0 Å². The molecule has 0 unspecified atom stereocenters. The van der Waals surface area contributed by atoms with Gasteiger partial charge in [-0.05, 0) is 24.1 Å². The van der Waals surface area contributed by atoms with Gasteiger partial charge in [0.15, 0.2) is 0 Å². The lowest BCUT2D eigenvalue weighted by atomic mass is 10.1. The van der Waals surface area contributed by atoms with E-state index in [9.17, 15) is 0 Å². The SMILES string of the molecule is Cc1ccc(CN2CCNCC2)c(Br)c1. The van der Waals surface area contributed by atoms with E-state index < -0.39 is 0 Å². The van der Waals surface area contributed by atoms with Crippen LogP contribution in [0.2, 0.25) is 0 Å². The Kier molecular flexibility index (Phi) is 3.78. The minimum absolute atomic E-state index is 1.06. The summed E-state index contributed by atoms with van der Waals surface area (Å²) in [5, 5.41) is 3.37. The topological polar surface area (TPSA) is 15.3 Å². The van der Waals surface area contributed by atoms with E-state index in [1.54, 1.807) is 0 Å². The number of aryl methyl sites for hydroxylation is 1. The second-order valence-electron chi connectivity index (χ2n) is 4.12. The number of hydrogen-bond acceptors (Lipinski definition) is 2. The number of rotatable bonds is 2. The van der Waals surface area contributed by atoms with Crippen molar-refractivity contribution in [3.63, 3.8) is 0 Å². The van der Waals surface area contributed by atoms with E-state index >= 15 is 0 Å². The molecule has 1 N–H and O–H groups in total. The number of halogens is 1. The van der Waals surface area contributed by atoms with Crippen molar-refractivity contribution in [1.82, 2.24) is 10.2 Å². The summed E-state index contributed by atoms with van der Waals surface area (Å²) in [6.07, 6.45) is 0. The molecule has 82 valence electrons. The first kappa shape index (κ1) is 11.1. The van der Waals surface area contributed by atoms with Gasteiger partial charge in [-0.2, -0.15) is 0 Å². The van der Waals surface area contributed by atoms with Crippen LogP contribution in [0.5, 0.6) is 0 Å². The Morgan fingerprint density at radius 1 is 1.33 bits per heavy atom. The average molecular weight is 269 g/mol. The van der Waals surface area contributed by atoms with E-state index in [1.807, 2.05) is 0 Å². The van der Waals surface area contributed by atoms with Gasteiger partial charge in [-0.3, -0.25) is 4.90 Å². The van der Waals surface area contributed by atoms with Crippen LogP contribution in [0.4, 0.5) is 0 Å². The maximum absolute atomic E-state index is 3.63. The number of nitrogens with zero attached hydrogens (tertiary/aromatic N) is 1. The van der Waals surface area contributed by atoms with Gasteiger partial charge in [0.25, 0.3) is 0 Å². The first-order chi connectivity index (χ1) is 7.25. The predicted octanol–water partition coefficient (Wildman–Crippen LogP) is 2.16. The van der Waals surface area contributed by atoms with Gasteiger partial charge in [-0.15, -0.1) is 0 Å². The molecule has 1 saturated heterocycles. The van der Waals surface area contributed by atoms with Crippen molar-refractivity contribution in [2.45, 2.75) is 13.5 Å². The molecule has 0 spiro atoms.